The van der Waals surface area contributed by atoms with E-state index in [2.05, 4.69) is 10.3 Å². The highest BCUT2D eigenvalue weighted by Gasteiger charge is 2.18. The Labute approximate surface area is 128 Å². The molecule has 4 heteroatoms. The largest absolute Gasteiger partial charge is 0.368 e. The minimum absolute atomic E-state index is 0.0734. The lowest BCUT2D eigenvalue weighted by molar-refractivity contribution is 0.0993. The van der Waals surface area contributed by atoms with Gasteiger partial charge in [-0.05, 0) is 23.8 Å². The molecule has 0 amide bonds. The van der Waals surface area contributed by atoms with Crippen LogP contribution in [0.3, 0.4) is 0 Å². The molecule has 0 bridgehead atoms. The zero-order valence-electron chi connectivity index (χ0n) is 11.5. The Morgan fingerprint density at radius 1 is 1.19 bits per heavy atom. The molecule has 0 saturated carbocycles. The molecule has 0 aliphatic carbocycles. The predicted molar refractivity (Wildman–Crippen MR) is 85.3 cm³/mol. The van der Waals surface area contributed by atoms with Gasteiger partial charge in [0.2, 0.25) is 0 Å². The summed E-state index contributed by atoms with van der Waals surface area (Å²) in [5.41, 5.74) is 2.46. The number of ketones is 1. The van der Waals surface area contributed by atoms with Crippen LogP contribution in [0.5, 0.6) is 0 Å². The molecule has 0 unspecified atom stereocenters. The van der Waals surface area contributed by atoms with Crippen molar-refractivity contribution in [3.63, 3.8) is 0 Å². The molecular formula is C17H15ClN2O. The molecule has 3 rings (SSSR count). The molecule has 0 fully saturated rings. The van der Waals surface area contributed by atoms with Crippen molar-refractivity contribution >= 4 is 23.2 Å². The normalized spacial score (nSPS) is 13.7. The highest BCUT2D eigenvalue weighted by Crippen LogP contribution is 2.19. The molecule has 3 nitrogen and oxygen atoms in total. The van der Waals surface area contributed by atoms with Gasteiger partial charge >= 0.3 is 0 Å². The quantitative estimate of drug-likeness (QED) is 0.881. The number of hydrogen-bond donors (Lipinski definition) is 1. The average Bonchev–Trinajstić information content (AvgIpc) is 3.02. The summed E-state index contributed by atoms with van der Waals surface area (Å²) in [7, 11) is 0. The fourth-order valence-corrected chi connectivity index (χ4v) is 2.58. The van der Waals surface area contributed by atoms with Gasteiger partial charge in [-0.25, -0.2) is 0 Å². The minimum Gasteiger partial charge on any atom is -0.368 e. The minimum atomic E-state index is 0.0734. The van der Waals surface area contributed by atoms with Crippen LogP contribution in [-0.2, 0) is 6.42 Å². The van der Waals surface area contributed by atoms with Crippen molar-refractivity contribution in [3.8, 4) is 0 Å². The van der Waals surface area contributed by atoms with E-state index in [1.54, 1.807) is 18.2 Å². The van der Waals surface area contributed by atoms with Crippen LogP contribution in [-0.4, -0.2) is 24.7 Å². The Balaban J connectivity index is 1.92. The van der Waals surface area contributed by atoms with Gasteiger partial charge in [0.05, 0.1) is 6.54 Å². The zero-order valence-corrected chi connectivity index (χ0v) is 12.2. The van der Waals surface area contributed by atoms with Gasteiger partial charge in [-0.1, -0.05) is 41.9 Å². The van der Waals surface area contributed by atoms with E-state index in [1.165, 1.54) is 0 Å². The molecule has 1 heterocycles. The van der Waals surface area contributed by atoms with Crippen molar-refractivity contribution in [3.05, 3.63) is 70.2 Å². The SMILES string of the molecule is O=C(Cc1ccccc1)c1ccc(Cl)cc1C1=NCCN1. The number of nitrogens with zero attached hydrogens (tertiary/aromatic N) is 1. The van der Waals surface area contributed by atoms with Gasteiger partial charge in [0.15, 0.2) is 5.78 Å². The summed E-state index contributed by atoms with van der Waals surface area (Å²) in [4.78, 5) is 17.0. The van der Waals surface area contributed by atoms with Crippen LogP contribution in [0.15, 0.2) is 53.5 Å². The van der Waals surface area contributed by atoms with Crippen LogP contribution in [0.4, 0.5) is 0 Å². The van der Waals surface area contributed by atoms with E-state index in [1.807, 2.05) is 30.3 Å². The van der Waals surface area contributed by atoms with Crippen molar-refractivity contribution < 1.29 is 4.79 Å². The fourth-order valence-electron chi connectivity index (χ4n) is 2.41. The van der Waals surface area contributed by atoms with E-state index < -0.39 is 0 Å². The number of nitrogens with one attached hydrogen (secondary N) is 1. The summed E-state index contributed by atoms with van der Waals surface area (Å²) in [6.07, 6.45) is 0.378. The maximum atomic E-state index is 12.6. The Bertz CT molecular complexity index is 695. The van der Waals surface area contributed by atoms with E-state index in [4.69, 9.17) is 11.6 Å². The molecule has 0 spiro atoms. The van der Waals surface area contributed by atoms with Crippen LogP contribution in [0.25, 0.3) is 0 Å². The number of benzene rings is 2. The van der Waals surface area contributed by atoms with Crippen molar-refractivity contribution in [2.45, 2.75) is 6.42 Å². The van der Waals surface area contributed by atoms with E-state index in [-0.39, 0.29) is 5.78 Å². The molecule has 1 aliphatic heterocycles. The fraction of sp³-hybridized carbons (Fsp3) is 0.176. The molecule has 1 aliphatic rings. The smallest absolute Gasteiger partial charge is 0.167 e. The Hall–Kier alpha value is -2.13. The number of halogens is 1. The van der Waals surface area contributed by atoms with Crippen molar-refractivity contribution in [1.29, 1.82) is 0 Å². The molecule has 0 atom stereocenters. The number of amidine groups is 1. The topological polar surface area (TPSA) is 41.5 Å². The molecule has 0 radical (unpaired) electrons. The molecular weight excluding hydrogens is 284 g/mol. The summed E-state index contributed by atoms with van der Waals surface area (Å²) in [6, 6.07) is 15.1. The van der Waals surface area contributed by atoms with Gasteiger partial charge in [0, 0.05) is 29.1 Å². The summed E-state index contributed by atoms with van der Waals surface area (Å²) < 4.78 is 0. The Kier molecular flexibility index (Phi) is 4.02. The summed E-state index contributed by atoms with van der Waals surface area (Å²) in [5.74, 6) is 0.832. The number of carbonyl (C=O) groups excluding carboxylic acids is 1. The first-order valence-electron chi connectivity index (χ1n) is 6.89. The maximum absolute atomic E-state index is 12.6. The molecule has 21 heavy (non-hydrogen) atoms. The van der Waals surface area contributed by atoms with Gasteiger partial charge in [0.25, 0.3) is 0 Å². The van der Waals surface area contributed by atoms with Gasteiger partial charge in [0.1, 0.15) is 5.84 Å². The molecule has 2 aromatic rings. The van der Waals surface area contributed by atoms with Gasteiger partial charge in [-0.3, -0.25) is 9.79 Å². The highest BCUT2D eigenvalue weighted by atomic mass is 35.5. The van der Waals surface area contributed by atoms with Crippen LogP contribution in [0, 0.1) is 0 Å². The Morgan fingerprint density at radius 2 is 2.00 bits per heavy atom. The monoisotopic (exact) mass is 298 g/mol. The summed E-state index contributed by atoms with van der Waals surface area (Å²) in [6.45, 7) is 1.53. The third-order valence-corrected chi connectivity index (χ3v) is 3.65. The van der Waals surface area contributed by atoms with Gasteiger partial charge < -0.3 is 5.32 Å². The van der Waals surface area contributed by atoms with E-state index in [0.717, 1.165) is 30.1 Å². The second-order valence-corrected chi connectivity index (χ2v) is 5.37. The van der Waals surface area contributed by atoms with Gasteiger partial charge in [-0.2, -0.15) is 0 Å². The first-order valence-corrected chi connectivity index (χ1v) is 7.27. The van der Waals surface area contributed by atoms with Crippen molar-refractivity contribution in [2.24, 2.45) is 4.99 Å². The van der Waals surface area contributed by atoms with Crippen LogP contribution in [0.1, 0.15) is 21.5 Å². The standard InChI is InChI=1S/C17H15ClN2O/c18-13-6-7-14(15(11-13)17-19-8-9-20-17)16(21)10-12-4-2-1-3-5-12/h1-7,11H,8-10H2,(H,19,20). The van der Waals surface area contributed by atoms with E-state index in [9.17, 15) is 4.79 Å². The Morgan fingerprint density at radius 3 is 2.71 bits per heavy atom. The zero-order chi connectivity index (χ0) is 14.7. The van der Waals surface area contributed by atoms with Crippen LogP contribution >= 0.6 is 11.6 Å². The lowest BCUT2D eigenvalue weighted by Gasteiger charge is -2.10. The van der Waals surface area contributed by atoms with Crippen LogP contribution < -0.4 is 5.32 Å². The summed E-state index contributed by atoms with van der Waals surface area (Å²) in [5, 5.41) is 3.81. The molecule has 1 N–H and O–H groups in total. The predicted octanol–water partition coefficient (Wildman–Crippen LogP) is 3.12. The van der Waals surface area contributed by atoms with E-state index in [0.29, 0.717) is 17.0 Å². The second-order valence-electron chi connectivity index (χ2n) is 4.93. The molecule has 2 aromatic carbocycles. The maximum Gasteiger partial charge on any atom is 0.167 e. The number of carbonyl (C=O) groups is 1. The number of aliphatic imine (C=N–C) groups is 1. The van der Waals surface area contributed by atoms with Crippen LogP contribution in [0.2, 0.25) is 5.02 Å². The van der Waals surface area contributed by atoms with E-state index >= 15 is 0 Å². The molecule has 0 aromatic heterocycles. The van der Waals surface area contributed by atoms with Crippen molar-refractivity contribution in [2.75, 3.05) is 13.1 Å². The average molecular weight is 299 g/mol. The first-order chi connectivity index (χ1) is 10.2. The molecule has 0 saturated heterocycles. The van der Waals surface area contributed by atoms with Crippen molar-refractivity contribution in [1.82, 2.24) is 5.32 Å². The highest BCUT2D eigenvalue weighted by molar-refractivity contribution is 6.31. The lowest BCUT2D eigenvalue weighted by atomic mass is 9.98. The summed E-state index contributed by atoms with van der Waals surface area (Å²) >= 11 is 6.07. The van der Waals surface area contributed by atoms with Gasteiger partial charge in [-0.15, -0.1) is 0 Å². The third-order valence-electron chi connectivity index (χ3n) is 3.42. The number of hydrogen-bond acceptors (Lipinski definition) is 3. The third kappa shape index (κ3) is 3.14. The lowest BCUT2D eigenvalue weighted by Crippen LogP contribution is -2.22. The first kappa shape index (κ1) is 13.8. The molecule has 106 valence electrons. The number of rotatable bonds is 4. The number of Topliss-reactive ketones (excluding diaryl/α,β-unsaturated/α-hetero) is 1. The second kappa shape index (κ2) is 6.10.